The van der Waals surface area contributed by atoms with Gasteiger partial charge in [0.25, 0.3) is 5.56 Å². The number of H-pyrrole nitrogens is 1. The zero-order valence-electron chi connectivity index (χ0n) is 11.6. The first kappa shape index (κ1) is 15.6. The lowest BCUT2D eigenvalue weighted by molar-refractivity contribution is -0.137. The van der Waals surface area contributed by atoms with E-state index in [1.54, 1.807) is 0 Å². The highest BCUT2D eigenvalue weighted by molar-refractivity contribution is 5.92. The van der Waals surface area contributed by atoms with Gasteiger partial charge in [-0.05, 0) is 24.8 Å². The number of aromatic amines is 1. The molecule has 116 valence electrons. The first-order chi connectivity index (χ1) is 9.77. The van der Waals surface area contributed by atoms with Crippen LogP contribution in [0.15, 0.2) is 17.1 Å². The van der Waals surface area contributed by atoms with Crippen LogP contribution in [0, 0.1) is 11.8 Å². The van der Waals surface area contributed by atoms with Crippen molar-refractivity contribution in [2.45, 2.75) is 38.8 Å². The number of rotatable bonds is 2. The molecule has 4 nitrogen and oxygen atoms in total. The van der Waals surface area contributed by atoms with Crippen LogP contribution < -0.4 is 10.9 Å². The Balaban J connectivity index is 2.15. The molecular weight excluding hydrogens is 285 g/mol. The molecule has 1 saturated carbocycles. The van der Waals surface area contributed by atoms with Crippen molar-refractivity contribution in [3.63, 3.8) is 0 Å². The molecule has 0 saturated heterocycles. The fourth-order valence-corrected chi connectivity index (χ4v) is 2.65. The van der Waals surface area contributed by atoms with Gasteiger partial charge in [-0.1, -0.05) is 19.8 Å². The molecular formula is C14H17F3N2O2. The van der Waals surface area contributed by atoms with Gasteiger partial charge < -0.3 is 10.3 Å². The summed E-state index contributed by atoms with van der Waals surface area (Å²) >= 11 is 0. The molecule has 2 atom stereocenters. The van der Waals surface area contributed by atoms with Crippen molar-refractivity contribution in [3.8, 4) is 0 Å². The summed E-state index contributed by atoms with van der Waals surface area (Å²) in [7, 11) is 0. The number of aromatic nitrogens is 1. The second-order valence-electron chi connectivity index (χ2n) is 5.59. The van der Waals surface area contributed by atoms with E-state index in [1.165, 1.54) is 0 Å². The van der Waals surface area contributed by atoms with Crippen LogP contribution in [0.3, 0.4) is 0 Å². The topological polar surface area (TPSA) is 62.0 Å². The fourth-order valence-electron chi connectivity index (χ4n) is 2.65. The molecule has 1 aliphatic carbocycles. The predicted molar refractivity (Wildman–Crippen MR) is 71.8 cm³/mol. The summed E-state index contributed by atoms with van der Waals surface area (Å²) in [5, 5.41) is 2.33. The number of carbonyl (C=O) groups is 1. The zero-order chi connectivity index (χ0) is 15.6. The number of alkyl halides is 3. The predicted octanol–water partition coefficient (Wildman–Crippen LogP) is 3.16. The maximum atomic E-state index is 12.6. The molecule has 0 bridgehead atoms. The lowest BCUT2D eigenvalue weighted by atomic mass is 9.82. The molecule has 2 N–H and O–H groups in total. The summed E-state index contributed by atoms with van der Waals surface area (Å²) in [6.07, 6.45) is -0.606. The molecule has 21 heavy (non-hydrogen) atoms. The van der Waals surface area contributed by atoms with Crippen molar-refractivity contribution < 1.29 is 18.0 Å². The summed E-state index contributed by atoms with van der Waals surface area (Å²) in [4.78, 5) is 25.6. The third-order valence-electron chi connectivity index (χ3n) is 3.80. The Morgan fingerprint density at radius 1 is 1.38 bits per heavy atom. The Morgan fingerprint density at radius 3 is 2.71 bits per heavy atom. The maximum Gasteiger partial charge on any atom is 0.417 e. The third kappa shape index (κ3) is 3.86. The minimum absolute atomic E-state index is 0.248. The van der Waals surface area contributed by atoms with Gasteiger partial charge in [0.2, 0.25) is 5.91 Å². The summed E-state index contributed by atoms with van der Waals surface area (Å²) < 4.78 is 37.8. The average Bonchev–Trinajstić information content (AvgIpc) is 2.40. The molecule has 1 amide bonds. The van der Waals surface area contributed by atoms with E-state index < -0.39 is 17.3 Å². The molecule has 1 heterocycles. The van der Waals surface area contributed by atoms with Gasteiger partial charge in [-0.2, -0.15) is 13.2 Å². The SMILES string of the molecule is C[C@H]1CCC[C@@H](C(=O)Nc2cc(C(F)(F)F)c[nH]c2=O)C1. The molecule has 2 rings (SSSR count). The van der Waals surface area contributed by atoms with Crippen LogP contribution in [0.4, 0.5) is 18.9 Å². The van der Waals surface area contributed by atoms with Crippen LogP contribution in [-0.2, 0) is 11.0 Å². The van der Waals surface area contributed by atoms with Gasteiger partial charge in [0.1, 0.15) is 5.69 Å². The highest BCUT2D eigenvalue weighted by Crippen LogP contribution is 2.31. The van der Waals surface area contributed by atoms with E-state index >= 15 is 0 Å². The van der Waals surface area contributed by atoms with Crippen molar-refractivity contribution in [2.75, 3.05) is 5.32 Å². The van der Waals surface area contributed by atoms with Crippen molar-refractivity contribution >= 4 is 11.6 Å². The second kappa shape index (κ2) is 5.91. The van der Waals surface area contributed by atoms with Gasteiger partial charge in [-0.15, -0.1) is 0 Å². The van der Waals surface area contributed by atoms with E-state index in [2.05, 4.69) is 5.32 Å². The molecule has 0 spiro atoms. The Labute approximate surface area is 119 Å². The zero-order valence-corrected chi connectivity index (χ0v) is 11.6. The highest BCUT2D eigenvalue weighted by atomic mass is 19.4. The van der Waals surface area contributed by atoms with E-state index in [4.69, 9.17) is 0 Å². The minimum atomic E-state index is -4.57. The third-order valence-corrected chi connectivity index (χ3v) is 3.80. The van der Waals surface area contributed by atoms with Gasteiger partial charge in [0.05, 0.1) is 5.56 Å². The molecule has 7 heteroatoms. The van der Waals surface area contributed by atoms with E-state index in [9.17, 15) is 22.8 Å². The number of hydrogen-bond donors (Lipinski definition) is 2. The van der Waals surface area contributed by atoms with Crippen LogP contribution in [-0.4, -0.2) is 10.9 Å². The smallest absolute Gasteiger partial charge is 0.327 e. The van der Waals surface area contributed by atoms with Crippen molar-refractivity contribution in [1.29, 1.82) is 0 Å². The number of pyridine rings is 1. The average molecular weight is 302 g/mol. The van der Waals surface area contributed by atoms with Crippen molar-refractivity contribution in [1.82, 2.24) is 4.98 Å². The number of anilines is 1. The molecule has 0 radical (unpaired) electrons. The largest absolute Gasteiger partial charge is 0.417 e. The van der Waals surface area contributed by atoms with Crippen molar-refractivity contribution in [3.05, 3.63) is 28.2 Å². The van der Waals surface area contributed by atoms with Gasteiger partial charge in [-0.3, -0.25) is 9.59 Å². The summed E-state index contributed by atoms with van der Waals surface area (Å²) in [5.74, 6) is -0.219. The van der Waals surface area contributed by atoms with Gasteiger partial charge in [0.15, 0.2) is 0 Å². The molecule has 1 aromatic rings. The van der Waals surface area contributed by atoms with Gasteiger partial charge in [0, 0.05) is 12.1 Å². The summed E-state index contributed by atoms with van der Waals surface area (Å²) in [6, 6.07) is 0.670. The normalized spacial score (nSPS) is 22.9. The van der Waals surface area contributed by atoms with E-state index in [1.807, 2.05) is 11.9 Å². The Hall–Kier alpha value is -1.79. The Morgan fingerprint density at radius 2 is 2.10 bits per heavy atom. The van der Waals surface area contributed by atoms with Crippen LogP contribution in [0.5, 0.6) is 0 Å². The summed E-state index contributed by atoms with van der Waals surface area (Å²) in [6.45, 7) is 2.04. The molecule has 1 aliphatic rings. The van der Waals surface area contributed by atoms with E-state index in [-0.39, 0.29) is 17.5 Å². The highest BCUT2D eigenvalue weighted by Gasteiger charge is 2.32. The second-order valence-corrected chi connectivity index (χ2v) is 5.59. The number of halogens is 3. The quantitative estimate of drug-likeness (QED) is 0.881. The van der Waals surface area contributed by atoms with Gasteiger partial charge in [-0.25, -0.2) is 0 Å². The van der Waals surface area contributed by atoms with Crippen LogP contribution >= 0.6 is 0 Å². The first-order valence-electron chi connectivity index (χ1n) is 6.88. The molecule has 0 aliphatic heterocycles. The monoisotopic (exact) mass is 302 g/mol. The van der Waals surface area contributed by atoms with Crippen LogP contribution in [0.25, 0.3) is 0 Å². The lowest BCUT2D eigenvalue weighted by Crippen LogP contribution is -2.30. The minimum Gasteiger partial charge on any atom is -0.327 e. The Bertz CT molecular complexity index is 580. The maximum absolute atomic E-state index is 12.6. The van der Waals surface area contributed by atoms with Gasteiger partial charge >= 0.3 is 6.18 Å². The standard InChI is InChI=1S/C14H17F3N2O2/c1-8-3-2-4-9(5-8)12(20)19-11-6-10(14(15,16)17)7-18-13(11)21/h6-9H,2-5H2,1H3,(H,18,21)(H,19,20)/t8-,9+/m0/s1. The van der Waals surface area contributed by atoms with Crippen LogP contribution in [0.2, 0.25) is 0 Å². The number of carbonyl (C=O) groups excluding carboxylic acids is 1. The Kier molecular flexibility index (Phi) is 4.39. The molecule has 0 unspecified atom stereocenters. The lowest BCUT2D eigenvalue weighted by Gasteiger charge is -2.25. The molecule has 1 fully saturated rings. The fraction of sp³-hybridized carbons (Fsp3) is 0.571. The summed E-state index contributed by atoms with van der Waals surface area (Å²) in [5.41, 5.74) is -2.08. The number of hydrogen-bond acceptors (Lipinski definition) is 2. The van der Waals surface area contributed by atoms with E-state index in [0.717, 1.165) is 12.8 Å². The molecule has 1 aromatic heterocycles. The number of nitrogens with one attached hydrogen (secondary N) is 2. The van der Waals surface area contributed by atoms with E-state index in [0.29, 0.717) is 31.0 Å². The van der Waals surface area contributed by atoms with Crippen molar-refractivity contribution in [2.24, 2.45) is 11.8 Å². The number of amides is 1. The first-order valence-corrected chi connectivity index (χ1v) is 6.88. The van der Waals surface area contributed by atoms with Crippen LogP contribution in [0.1, 0.15) is 38.2 Å². The molecule has 0 aromatic carbocycles.